The zero-order valence-electron chi connectivity index (χ0n) is 13.1. The molecule has 0 bridgehead atoms. The molecule has 0 unspecified atom stereocenters. The van der Waals surface area contributed by atoms with E-state index in [1.54, 1.807) is 6.20 Å². The van der Waals surface area contributed by atoms with Crippen molar-refractivity contribution in [2.24, 2.45) is 11.8 Å². The van der Waals surface area contributed by atoms with E-state index in [1.807, 2.05) is 30.3 Å². The molecule has 0 N–H and O–H groups in total. The third-order valence-corrected chi connectivity index (χ3v) is 5.19. The van der Waals surface area contributed by atoms with E-state index in [1.165, 1.54) is 17.7 Å². The lowest BCUT2D eigenvalue weighted by atomic mass is 9.83. The van der Waals surface area contributed by atoms with Gasteiger partial charge < -0.3 is 0 Å². The van der Waals surface area contributed by atoms with Gasteiger partial charge in [0.2, 0.25) is 11.8 Å². The predicted molar refractivity (Wildman–Crippen MR) is 88.9 cm³/mol. The number of imide groups is 1. The molecule has 2 fully saturated rings. The number of para-hydroxylation sites is 1. The summed E-state index contributed by atoms with van der Waals surface area (Å²) in [5.74, 6) is -0.330. The van der Waals surface area contributed by atoms with Gasteiger partial charge in [-0.3, -0.25) is 14.6 Å². The van der Waals surface area contributed by atoms with Crippen molar-refractivity contribution in [3.8, 4) is 0 Å². The molecule has 1 saturated carbocycles. The summed E-state index contributed by atoms with van der Waals surface area (Å²) in [7, 11) is 0. The fourth-order valence-corrected chi connectivity index (χ4v) is 4.02. The maximum absolute atomic E-state index is 12.9. The van der Waals surface area contributed by atoms with Gasteiger partial charge in [-0.15, -0.1) is 0 Å². The van der Waals surface area contributed by atoms with Crippen LogP contribution in [0, 0.1) is 11.8 Å². The normalized spacial score (nSPS) is 25.3. The van der Waals surface area contributed by atoms with Crippen molar-refractivity contribution in [1.29, 1.82) is 0 Å². The van der Waals surface area contributed by atoms with Gasteiger partial charge in [-0.1, -0.05) is 43.9 Å². The van der Waals surface area contributed by atoms with E-state index in [0.717, 1.165) is 36.6 Å². The molecule has 1 aliphatic heterocycles. The predicted octanol–water partition coefficient (Wildman–Crippen LogP) is 3.69. The molecule has 0 spiro atoms. The fourth-order valence-electron chi connectivity index (χ4n) is 4.02. The van der Waals surface area contributed by atoms with Crippen LogP contribution in [0.15, 0.2) is 36.5 Å². The highest BCUT2D eigenvalue weighted by molar-refractivity contribution is 6.24. The van der Waals surface area contributed by atoms with Crippen LogP contribution in [0.2, 0.25) is 0 Å². The van der Waals surface area contributed by atoms with E-state index in [2.05, 4.69) is 4.98 Å². The molecule has 4 rings (SSSR count). The van der Waals surface area contributed by atoms with Gasteiger partial charge >= 0.3 is 0 Å². The van der Waals surface area contributed by atoms with E-state index in [9.17, 15) is 9.59 Å². The number of benzene rings is 1. The highest BCUT2D eigenvalue weighted by Crippen LogP contribution is 2.39. The highest BCUT2D eigenvalue weighted by Gasteiger charge is 2.48. The first-order valence-electron chi connectivity index (χ1n) is 8.49. The number of hydrogen-bond acceptors (Lipinski definition) is 3. The zero-order chi connectivity index (χ0) is 15.8. The second-order valence-corrected chi connectivity index (χ2v) is 6.57. The van der Waals surface area contributed by atoms with Crippen molar-refractivity contribution in [2.45, 2.75) is 38.5 Å². The number of pyridine rings is 1. The largest absolute Gasteiger partial charge is 0.274 e. The van der Waals surface area contributed by atoms with Crippen molar-refractivity contribution < 1.29 is 9.59 Å². The quantitative estimate of drug-likeness (QED) is 0.755. The van der Waals surface area contributed by atoms with Gasteiger partial charge in [-0.05, 0) is 25.0 Å². The minimum absolute atomic E-state index is 0.0277. The second-order valence-electron chi connectivity index (χ2n) is 6.57. The number of aromatic nitrogens is 1. The molecule has 4 nitrogen and oxygen atoms in total. The molecule has 118 valence electrons. The average Bonchev–Trinajstić information content (AvgIpc) is 2.76. The number of nitrogens with zero attached hydrogens (tertiary/aromatic N) is 2. The first-order valence-corrected chi connectivity index (χ1v) is 8.49. The van der Waals surface area contributed by atoms with Crippen LogP contribution in [0.3, 0.4) is 0 Å². The molecule has 2 amide bonds. The number of anilines is 1. The molecule has 2 heterocycles. The molecular weight excluding hydrogens is 288 g/mol. The number of rotatable bonds is 1. The second kappa shape index (κ2) is 5.76. The van der Waals surface area contributed by atoms with Crippen LogP contribution < -0.4 is 4.90 Å². The monoisotopic (exact) mass is 308 g/mol. The molecule has 0 radical (unpaired) electrons. The Morgan fingerprint density at radius 1 is 0.870 bits per heavy atom. The number of amides is 2. The maximum atomic E-state index is 12.9. The summed E-state index contributed by atoms with van der Waals surface area (Å²) in [6.45, 7) is 0. The summed E-state index contributed by atoms with van der Waals surface area (Å²) < 4.78 is 0. The van der Waals surface area contributed by atoms with E-state index in [4.69, 9.17) is 0 Å². The number of carbonyl (C=O) groups is 2. The molecule has 2 aromatic rings. The Kier molecular flexibility index (Phi) is 3.60. The molecule has 2 atom stereocenters. The van der Waals surface area contributed by atoms with Gasteiger partial charge in [-0.25, -0.2) is 4.90 Å². The zero-order valence-corrected chi connectivity index (χ0v) is 13.1. The van der Waals surface area contributed by atoms with Crippen molar-refractivity contribution in [3.63, 3.8) is 0 Å². The minimum atomic E-state index is -0.137. The summed E-state index contributed by atoms with van der Waals surface area (Å²) in [6, 6.07) is 9.51. The van der Waals surface area contributed by atoms with Crippen LogP contribution in [0.4, 0.5) is 5.69 Å². The van der Waals surface area contributed by atoms with Gasteiger partial charge in [0.25, 0.3) is 0 Å². The van der Waals surface area contributed by atoms with E-state index in [-0.39, 0.29) is 23.7 Å². The summed E-state index contributed by atoms with van der Waals surface area (Å²) in [6.07, 6.45) is 7.80. The number of hydrogen-bond donors (Lipinski definition) is 0. The minimum Gasteiger partial charge on any atom is -0.274 e. The Labute approximate surface area is 135 Å². The van der Waals surface area contributed by atoms with Gasteiger partial charge in [-0.2, -0.15) is 0 Å². The van der Waals surface area contributed by atoms with Gasteiger partial charge in [0.1, 0.15) is 0 Å². The van der Waals surface area contributed by atoms with E-state index < -0.39 is 0 Å². The fraction of sp³-hybridized carbons (Fsp3) is 0.421. The van der Waals surface area contributed by atoms with Crippen molar-refractivity contribution >= 4 is 28.4 Å². The lowest BCUT2D eigenvalue weighted by Crippen LogP contribution is -2.31. The van der Waals surface area contributed by atoms with Gasteiger partial charge in [0.05, 0.1) is 23.0 Å². The van der Waals surface area contributed by atoms with Gasteiger partial charge in [0, 0.05) is 11.6 Å². The van der Waals surface area contributed by atoms with Crippen LogP contribution >= 0.6 is 0 Å². The highest BCUT2D eigenvalue weighted by atomic mass is 16.2. The molecule has 2 aliphatic rings. The van der Waals surface area contributed by atoms with E-state index in [0.29, 0.717) is 5.69 Å². The standard InChI is InChI=1S/C19H20N2O2/c22-18-14-9-3-1-2-4-10-15(14)19(23)21(18)16-11-5-7-13-8-6-12-20-17(13)16/h5-8,11-12,14-15H,1-4,9-10H2/t14-,15+. The smallest absolute Gasteiger partial charge is 0.237 e. The Bertz CT molecular complexity index is 740. The average molecular weight is 308 g/mol. The van der Waals surface area contributed by atoms with Crippen LogP contribution in [-0.4, -0.2) is 16.8 Å². The summed E-state index contributed by atoms with van der Waals surface area (Å²) in [5, 5.41) is 0.954. The lowest BCUT2D eigenvalue weighted by molar-refractivity contribution is -0.122. The van der Waals surface area contributed by atoms with E-state index >= 15 is 0 Å². The van der Waals surface area contributed by atoms with Crippen LogP contribution in [0.25, 0.3) is 10.9 Å². The van der Waals surface area contributed by atoms with Crippen molar-refractivity contribution in [1.82, 2.24) is 4.98 Å². The first-order chi connectivity index (χ1) is 11.3. The summed E-state index contributed by atoms with van der Waals surface area (Å²) in [4.78, 5) is 31.7. The molecular formula is C19H20N2O2. The maximum Gasteiger partial charge on any atom is 0.237 e. The van der Waals surface area contributed by atoms with Crippen LogP contribution in [-0.2, 0) is 9.59 Å². The molecule has 1 aromatic heterocycles. The molecule has 1 aliphatic carbocycles. The molecule has 4 heteroatoms. The molecule has 1 aromatic carbocycles. The topological polar surface area (TPSA) is 50.3 Å². The van der Waals surface area contributed by atoms with Gasteiger partial charge in [0.15, 0.2) is 0 Å². The SMILES string of the molecule is O=C1[C@H]2CCCCCC[C@H]2C(=O)N1c1cccc2cccnc12. The Hall–Kier alpha value is -2.23. The first kappa shape index (κ1) is 14.4. The lowest BCUT2D eigenvalue weighted by Gasteiger charge is -2.17. The van der Waals surface area contributed by atoms with Crippen LogP contribution in [0.5, 0.6) is 0 Å². The summed E-state index contributed by atoms with van der Waals surface area (Å²) in [5.41, 5.74) is 1.37. The molecule has 23 heavy (non-hydrogen) atoms. The number of fused-ring (bicyclic) bond motifs is 2. The number of carbonyl (C=O) groups excluding carboxylic acids is 2. The van der Waals surface area contributed by atoms with Crippen molar-refractivity contribution in [2.75, 3.05) is 4.90 Å². The van der Waals surface area contributed by atoms with Crippen LogP contribution in [0.1, 0.15) is 38.5 Å². The third kappa shape index (κ3) is 2.33. The molecule has 1 saturated heterocycles. The Morgan fingerprint density at radius 3 is 2.22 bits per heavy atom. The third-order valence-electron chi connectivity index (χ3n) is 5.19. The Morgan fingerprint density at radius 2 is 1.52 bits per heavy atom. The van der Waals surface area contributed by atoms with Crippen molar-refractivity contribution in [3.05, 3.63) is 36.5 Å². The Balaban J connectivity index is 1.78. The summed E-state index contributed by atoms with van der Waals surface area (Å²) >= 11 is 0.